The first-order valence-electron chi connectivity index (χ1n) is 3.79. The molecule has 1 heterocycles. The number of aromatic carboxylic acids is 1. The molecule has 0 saturated heterocycles. The summed E-state index contributed by atoms with van der Waals surface area (Å²) in [5.41, 5.74) is 0.828. The van der Waals surface area contributed by atoms with Crippen molar-refractivity contribution in [2.45, 2.75) is 13.4 Å². The minimum absolute atomic E-state index is 0.211. The van der Waals surface area contributed by atoms with E-state index in [1.807, 2.05) is 0 Å². The molecule has 2 radical (unpaired) electrons. The van der Waals surface area contributed by atoms with Crippen molar-refractivity contribution in [2.75, 3.05) is 7.11 Å². The Kier molecular flexibility index (Phi) is 2.65. The Balaban J connectivity index is 3.26. The van der Waals surface area contributed by atoms with E-state index in [0.29, 0.717) is 11.6 Å². The van der Waals surface area contributed by atoms with Crippen LogP contribution in [0.4, 0.5) is 0 Å². The Morgan fingerprint density at radius 3 is 2.69 bits per heavy atom. The molecule has 5 heteroatoms. The van der Waals surface area contributed by atoms with E-state index in [1.165, 1.54) is 13.2 Å². The summed E-state index contributed by atoms with van der Waals surface area (Å²) in [7, 11) is 6.91. The zero-order valence-corrected chi connectivity index (χ0v) is 7.57. The van der Waals surface area contributed by atoms with Crippen LogP contribution >= 0.6 is 0 Å². The van der Waals surface area contributed by atoms with Crippen molar-refractivity contribution in [3.63, 3.8) is 0 Å². The summed E-state index contributed by atoms with van der Waals surface area (Å²) in [5.74, 6) is -0.500. The van der Waals surface area contributed by atoms with Crippen molar-refractivity contribution in [3.05, 3.63) is 17.3 Å². The number of hydrogen-bond donors (Lipinski definition) is 1. The molecule has 1 rings (SSSR count). The summed E-state index contributed by atoms with van der Waals surface area (Å²) in [4.78, 5) is 10.7. The average molecular weight is 179 g/mol. The molecular formula is C8H10BNO3. The van der Waals surface area contributed by atoms with Gasteiger partial charge in [0, 0.05) is 11.8 Å². The molecule has 0 aliphatic heterocycles. The molecule has 0 aromatic carbocycles. The number of aromatic nitrogens is 1. The van der Waals surface area contributed by atoms with E-state index in [1.54, 1.807) is 11.5 Å². The highest BCUT2D eigenvalue weighted by Crippen LogP contribution is 2.21. The first-order chi connectivity index (χ1) is 6.11. The van der Waals surface area contributed by atoms with Crippen LogP contribution in [0, 0.1) is 6.92 Å². The number of nitrogens with zero attached hydrogens (tertiary/aromatic N) is 1. The van der Waals surface area contributed by atoms with Gasteiger partial charge in [-0.1, -0.05) is 0 Å². The van der Waals surface area contributed by atoms with Gasteiger partial charge in [0.2, 0.25) is 0 Å². The molecule has 1 aromatic heterocycles. The highest BCUT2D eigenvalue weighted by atomic mass is 16.5. The Morgan fingerprint density at radius 2 is 2.38 bits per heavy atom. The SMILES string of the molecule is [B]Cn1c(OC)cc(C(=O)O)c1C. The standard InChI is InChI=1S/C8H10BNO3/c1-5-6(8(11)12)3-7(13-2)10(5)4-9/h3H,4H2,1-2H3,(H,11,12). The average Bonchev–Trinajstić information content (AvgIpc) is 2.41. The van der Waals surface area contributed by atoms with E-state index >= 15 is 0 Å². The van der Waals surface area contributed by atoms with Crippen LogP contribution in [-0.4, -0.2) is 30.6 Å². The molecule has 0 amide bonds. The molecule has 1 N–H and O–H groups in total. The number of rotatable bonds is 3. The lowest BCUT2D eigenvalue weighted by molar-refractivity contribution is 0.0696. The number of carboxylic acid groups (broad SMARTS) is 1. The second-order valence-corrected chi connectivity index (χ2v) is 2.60. The van der Waals surface area contributed by atoms with Crippen LogP contribution in [0.3, 0.4) is 0 Å². The van der Waals surface area contributed by atoms with Crippen molar-refractivity contribution < 1.29 is 14.6 Å². The van der Waals surface area contributed by atoms with Crippen molar-refractivity contribution in [3.8, 4) is 5.88 Å². The molecule has 0 spiro atoms. The van der Waals surface area contributed by atoms with Crippen molar-refractivity contribution in [1.82, 2.24) is 4.57 Å². The van der Waals surface area contributed by atoms with Gasteiger partial charge in [0.1, 0.15) is 0 Å². The normalized spacial score (nSPS) is 10.0. The fourth-order valence-corrected chi connectivity index (χ4v) is 1.23. The molecule has 4 nitrogen and oxygen atoms in total. The van der Waals surface area contributed by atoms with Gasteiger partial charge >= 0.3 is 5.97 Å². The maximum absolute atomic E-state index is 10.7. The second kappa shape index (κ2) is 3.55. The zero-order chi connectivity index (χ0) is 10.0. The summed E-state index contributed by atoms with van der Waals surface area (Å²) >= 11 is 0. The molecule has 0 fully saturated rings. The molecule has 0 bridgehead atoms. The van der Waals surface area contributed by atoms with E-state index in [2.05, 4.69) is 0 Å². The Morgan fingerprint density at radius 1 is 1.77 bits per heavy atom. The largest absolute Gasteiger partial charge is 0.482 e. The van der Waals surface area contributed by atoms with Crippen LogP contribution in [0.15, 0.2) is 6.07 Å². The van der Waals surface area contributed by atoms with Crippen molar-refractivity contribution in [1.29, 1.82) is 0 Å². The monoisotopic (exact) mass is 179 g/mol. The summed E-state index contributed by atoms with van der Waals surface area (Å²) in [6.07, 6.45) is 0.211. The molecule has 0 aliphatic carbocycles. The minimum Gasteiger partial charge on any atom is -0.482 e. The van der Waals surface area contributed by atoms with Gasteiger partial charge in [0.15, 0.2) is 5.88 Å². The smallest absolute Gasteiger partial charge is 0.337 e. The van der Waals surface area contributed by atoms with E-state index in [0.717, 1.165) is 0 Å². The third kappa shape index (κ3) is 1.54. The van der Waals surface area contributed by atoms with Crippen LogP contribution in [-0.2, 0) is 6.44 Å². The highest BCUT2D eigenvalue weighted by Gasteiger charge is 2.15. The van der Waals surface area contributed by atoms with E-state index in [9.17, 15) is 4.79 Å². The predicted molar refractivity (Wildman–Crippen MR) is 48.4 cm³/mol. The van der Waals surface area contributed by atoms with Gasteiger partial charge in [0.05, 0.1) is 20.5 Å². The van der Waals surface area contributed by atoms with Gasteiger partial charge in [-0.15, -0.1) is 0 Å². The predicted octanol–water partition coefficient (Wildman–Crippen LogP) is 0.629. The van der Waals surface area contributed by atoms with E-state index in [4.69, 9.17) is 17.7 Å². The fourth-order valence-electron chi connectivity index (χ4n) is 1.23. The summed E-state index contributed by atoms with van der Waals surface area (Å²) < 4.78 is 6.57. The number of methoxy groups -OCH3 is 1. The molecular weight excluding hydrogens is 169 g/mol. The maximum atomic E-state index is 10.7. The van der Waals surface area contributed by atoms with Gasteiger partial charge in [-0.05, 0) is 13.4 Å². The van der Waals surface area contributed by atoms with Gasteiger partial charge in [0.25, 0.3) is 0 Å². The van der Waals surface area contributed by atoms with E-state index < -0.39 is 5.97 Å². The quantitative estimate of drug-likeness (QED) is 0.692. The van der Waals surface area contributed by atoms with Gasteiger partial charge in [-0.3, -0.25) is 0 Å². The molecule has 0 unspecified atom stereocenters. The van der Waals surface area contributed by atoms with Crippen LogP contribution in [0.25, 0.3) is 0 Å². The lowest BCUT2D eigenvalue weighted by atomic mass is 10.1. The Bertz CT molecular complexity index is 332. The number of carbonyl (C=O) groups is 1. The number of hydrogen-bond acceptors (Lipinski definition) is 2. The maximum Gasteiger partial charge on any atom is 0.337 e. The molecule has 13 heavy (non-hydrogen) atoms. The van der Waals surface area contributed by atoms with Gasteiger partial charge in [-0.2, -0.15) is 0 Å². The zero-order valence-electron chi connectivity index (χ0n) is 7.57. The van der Waals surface area contributed by atoms with Crippen LogP contribution in [0.2, 0.25) is 0 Å². The first-order valence-corrected chi connectivity index (χ1v) is 3.79. The Labute approximate surface area is 77.5 Å². The fraction of sp³-hybridized carbons (Fsp3) is 0.375. The number of ether oxygens (including phenoxy) is 1. The number of carboxylic acids is 1. The third-order valence-corrected chi connectivity index (χ3v) is 1.95. The van der Waals surface area contributed by atoms with Crippen LogP contribution in [0.5, 0.6) is 5.88 Å². The topological polar surface area (TPSA) is 51.5 Å². The molecule has 1 aromatic rings. The molecule has 68 valence electrons. The minimum atomic E-state index is -0.969. The highest BCUT2D eigenvalue weighted by molar-refractivity contribution is 6.06. The van der Waals surface area contributed by atoms with Gasteiger partial charge < -0.3 is 14.4 Å². The lowest BCUT2D eigenvalue weighted by Gasteiger charge is -2.06. The van der Waals surface area contributed by atoms with Gasteiger partial charge in [-0.25, -0.2) is 4.79 Å². The molecule has 0 atom stereocenters. The second-order valence-electron chi connectivity index (χ2n) is 2.60. The summed E-state index contributed by atoms with van der Waals surface area (Å²) in [5, 5.41) is 8.78. The summed E-state index contributed by atoms with van der Waals surface area (Å²) in [6, 6.07) is 1.46. The molecule has 0 aliphatic rings. The lowest BCUT2D eigenvalue weighted by Crippen LogP contribution is -2.04. The van der Waals surface area contributed by atoms with Crippen LogP contribution in [0.1, 0.15) is 16.1 Å². The first kappa shape index (κ1) is 9.70. The molecule has 0 saturated carbocycles. The van der Waals surface area contributed by atoms with Crippen molar-refractivity contribution in [2.24, 2.45) is 0 Å². The summed E-state index contributed by atoms with van der Waals surface area (Å²) in [6.45, 7) is 1.69. The van der Waals surface area contributed by atoms with E-state index in [-0.39, 0.29) is 12.0 Å². The Hall–Kier alpha value is -1.39. The van der Waals surface area contributed by atoms with Crippen molar-refractivity contribution >= 4 is 13.8 Å². The van der Waals surface area contributed by atoms with Crippen LogP contribution < -0.4 is 4.74 Å². The third-order valence-electron chi connectivity index (χ3n) is 1.95.